The Hall–Kier alpha value is -1.66. The predicted octanol–water partition coefficient (Wildman–Crippen LogP) is 5.39. The number of aryl methyl sites for hydroxylation is 2. The number of imidazole rings is 1. The number of aromatic nitrogens is 2. The molecule has 0 radical (unpaired) electrons. The second kappa shape index (κ2) is 9.51. The van der Waals surface area contributed by atoms with E-state index in [0.29, 0.717) is 16.5 Å². The number of benzene rings is 1. The van der Waals surface area contributed by atoms with E-state index in [1.54, 1.807) is 13.2 Å². The Labute approximate surface area is 170 Å². The van der Waals surface area contributed by atoms with Gasteiger partial charge in [0.2, 0.25) is 5.91 Å². The fourth-order valence-electron chi connectivity index (χ4n) is 2.67. The Morgan fingerprint density at radius 3 is 2.70 bits per heavy atom. The molecule has 1 heterocycles. The van der Waals surface area contributed by atoms with E-state index in [1.165, 1.54) is 11.8 Å². The summed E-state index contributed by atoms with van der Waals surface area (Å²) in [6.45, 7) is 11.0. The van der Waals surface area contributed by atoms with Crippen LogP contribution in [0, 0.1) is 20.8 Å². The van der Waals surface area contributed by atoms with Gasteiger partial charge >= 0.3 is 0 Å². The first-order valence-corrected chi connectivity index (χ1v) is 10.4. The number of amides is 1. The summed E-state index contributed by atoms with van der Waals surface area (Å²) in [5, 5.41) is 4.15. The summed E-state index contributed by atoms with van der Waals surface area (Å²) in [6, 6.07) is 3.54. The number of rotatable bonds is 8. The van der Waals surface area contributed by atoms with Crippen LogP contribution in [-0.4, -0.2) is 27.8 Å². The van der Waals surface area contributed by atoms with Crippen molar-refractivity contribution in [3.8, 4) is 5.75 Å². The molecular formula is C20H28ClN3O2S. The third kappa shape index (κ3) is 5.20. The molecule has 0 bridgehead atoms. The van der Waals surface area contributed by atoms with Crippen molar-refractivity contribution in [2.75, 3.05) is 12.4 Å². The number of methoxy groups -OCH3 is 1. The van der Waals surface area contributed by atoms with Crippen LogP contribution in [0.15, 0.2) is 17.3 Å². The van der Waals surface area contributed by atoms with E-state index < -0.39 is 0 Å². The number of hydrogen-bond acceptors (Lipinski definition) is 4. The molecule has 1 amide bonds. The van der Waals surface area contributed by atoms with E-state index in [-0.39, 0.29) is 11.2 Å². The summed E-state index contributed by atoms with van der Waals surface area (Å²) in [4.78, 5) is 17.4. The first kappa shape index (κ1) is 21.6. The Morgan fingerprint density at radius 2 is 2.07 bits per heavy atom. The van der Waals surface area contributed by atoms with E-state index in [1.807, 2.05) is 26.8 Å². The highest BCUT2D eigenvalue weighted by molar-refractivity contribution is 8.00. The highest BCUT2D eigenvalue weighted by Gasteiger charge is 2.21. The van der Waals surface area contributed by atoms with Gasteiger partial charge in [0.15, 0.2) is 5.16 Å². The molecule has 1 unspecified atom stereocenters. The Kier molecular flexibility index (Phi) is 7.62. The molecule has 1 N–H and O–H groups in total. The number of halogens is 1. The van der Waals surface area contributed by atoms with Crippen molar-refractivity contribution in [1.29, 1.82) is 0 Å². The number of thioether (sulfide) groups is 1. The summed E-state index contributed by atoms with van der Waals surface area (Å²) in [7, 11) is 1.56. The average molecular weight is 410 g/mol. The molecule has 0 spiro atoms. The van der Waals surface area contributed by atoms with Crippen molar-refractivity contribution in [3.63, 3.8) is 0 Å². The minimum atomic E-state index is -0.299. The Balaban J connectivity index is 2.15. The van der Waals surface area contributed by atoms with Crippen molar-refractivity contribution in [3.05, 3.63) is 34.1 Å². The maximum Gasteiger partial charge on any atom is 0.237 e. The van der Waals surface area contributed by atoms with E-state index in [2.05, 4.69) is 28.7 Å². The van der Waals surface area contributed by atoms with Crippen LogP contribution in [0.2, 0.25) is 5.02 Å². The van der Waals surface area contributed by atoms with Crippen LogP contribution in [0.25, 0.3) is 0 Å². The number of ether oxygens (including phenoxy) is 1. The molecule has 1 aromatic carbocycles. The molecule has 7 heteroatoms. The maximum absolute atomic E-state index is 12.7. The lowest BCUT2D eigenvalue weighted by Crippen LogP contribution is -2.23. The van der Waals surface area contributed by atoms with Crippen molar-refractivity contribution in [1.82, 2.24) is 9.55 Å². The SMILES string of the molecule is CCCCn1c(SC(C)C(=O)Nc2cc(C)c(Cl)cc2OC)nc(C)c1C. The highest BCUT2D eigenvalue weighted by atomic mass is 35.5. The molecule has 1 atom stereocenters. The second-order valence-electron chi connectivity index (χ2n) is 6.62. The van der Waals surface area contributed by atoms with Crippen molar-refractivity contribution >= 4 is 35.0 Å². The third-order valence-corrected chi connectivity index (χ3v) is 6.05. The largest absolute Gasteiger partial charge is 0.495 e. The number of carbonyl (C=O) groups excluding carboxylic acids is 1. The average Bonchev–Trinajstić information content (AvgIpc) is 2.89. The monoisotopic (exact) mass is 409 g/mol. The number of hydrogen-bond donors (Lipinski definition) is 1. The van der Waals surface area contributed by atoms with Crippen LogP contribution in [0.3, 0.4) is 0 Å². The fourth-order valence-corrected chi connectivity index (χ4v) is 3.85. The molecule has 2 rings (SSSR count). The third-order valence-electron chi connectivity index (χ3n) is 4.55. The normalized spacial score (nSPS) is 12.1. The first-order chi connectivity index (χ1) is 12.8. The second-order valence-corrected chi connectivity index (χ2v) is 8.34. The van der Waals surface area contributed by atoms with E-state index in [9.17, 15) is 4.79 Å². The standard InChI is InChI=1S/C20H28ClN3O2S/c1-7-8-9-24-14(4)13(3)22-20(24)27-15(5)19(25)23-17-10-12(2)16(21)11-18(17)26-6/h10-11,15H,7-9H2,1-6H3,(H,23,25). The highest BCUT2D eigenvalue weighted by Crippen LogP contribution is 2.32. The Morgan fingerprint density at radius 1 is 1.37 bits per heavy atom. The molecule has 0 saturated heterocycles. The molecular weight excluding hydrogens is 382 g/mol. The zero-order valence-corrected chi connectivity index (χ0v) is 18.4. The maximum atomic E-state index is 12.7. The molecule has 0 aliphatic heterocycles. The van der Waals surface area contributed by atoms with Gasteiger partial charge in [-0.25, -0.2) is 4.98 Å². The van der Waals surface area contributed by atoms with Gasteiger partial charge in [0.25, 0.3) is 0 Å². The number of carbonyl (C=O) groups is 1. The van der Waals surface area contributed by atoms with Crippen LogP contribution < -0.4 is 10.1 Å². The van der Waals surface area contributed by atoms with Gasteiger partial charge in [0.05, 0.1) is 23.7 Å². The van der Waals surface area contributed by atoms with Crippen LogP contribution in [0.1, 0.15) is 43.6 Å². The van der Waals surface area contributed by atoms with Gasteiger partial charge in [-0.1, -0.05) is 36.7 Å². The molecule has 148 valence electrons. The topological polar surface area (TPSA) is 56.2 Å². The molecule has 0 aliphatic carbocycles. The van der Waals surface area contributed by atoms with E-state index >= 15 is 0 Å². The van der Waals surface area contributed by atoms with Gasteiger partial charge in [0.1, 0.15) is 5.75 Å². The molecule has 0 aliphatic rings. The summed E-state index contributed by atoms with van der Waals surface area (Å²) < 4.78 is 7.55. The zero-order valence-electron chi connectivity index (χ0n) is 16.9. The van der Waals surface area contributed by atoms with Crippen LogP contribution >= 0.6 is 23.4 Å². The fraction of sp³-hybridized carbons (Fsp3) is 0.500. The predicted molar refractivity (Wildman–Crippen MR) is 113 cm³/mol. The van der Waals surface area contributed by atoms with E-state index in [4.69, 9.17) is 16.3 Å². The molecule has 5 nitrogen and oxygen atoms in total. The Bertz CT molecular complexity index is 820. The van der Waals surface area contributed by atoms with Crippen LogP contribution in [-0.2, 0) is 11.3 Å². The summed E-state index contributed by atoms with van der Waals surface area (Å²) >= 11 is 7.62. The van der Waals surface area contributed by atoms with Gasteiger partial charge in [-0.3, -0.25) is 4.79 Å². The number of anilines is 1. The molecule has 0 saturated carbocycles. The van der Waals surface area contributed by atoms with Gasteiger partial charge in [0, 0.05) is 23.3 Å². The first-order valence-electron chi connectivity index (χ1n) is 9.13. The smallest absolute Gasteiger partial charge is 0.237 e. The van der Waals surface area contributed by atoms with E-state index in [0.717, 1.165) is 41.5 Å². The lowest BCUT2D eigenvalue weighted by Gasteiger charge is -2.16. The molecule has 27 heavy (non-hydrogen) atoms. The van der Waals surface area contributed by atoms with Gasteiger partial charge < -0.3 is 14.6 Å². The van der Waals surface area contributed by atoms with Crippen molar-refractivity contribution < 1.29 is 9.53 Å². The molecule has 1 aromatic heterocycles. The van der Waals surface area contributed by atoms with Gasteiger partial charge in [-0.15, -0.1) is 0 Å². The van der Waals surface area contributed by atoms with Crippen molar-refractivity contribution in [2.45, 2.75) is 64.4 Å². The van der Waals surface area contributed by atoms with Crippen LogP contribution in [0.5, 0.6) is 5.75 Å². The lowest BCUT2D eigenvalue weighted by atomic mass is 10.2. The molecule has 0 fully saturated rings. The van der Waals surface area contributed by atoms with Gasteiger partial charge in [-0.05, 0) is 45.7 Å². The number of nitrogens with one attached hydrogen (secondary N) is 1. The van der Waals surface area contributed by atoms with Crippen molar-refractivity contribution in [2.24, 2.45) is 0 Å². The quantitative estimate of drug-likeness (QED) is 0.594. The zero-order chi connectivity index (χ0) is 20.1. The van der Waals surface area contributed by atoms with Gasteiger partial charge in [-0.2, -0.15) is 0 Å². The summed E-state index contributed by atoms with van der Waals surface area (Å²) in [5.41, 5.74) is 3.68. The summed E-state index contributed by atoms with van der Waals surface area (Å²) in [6.07, 6.45) is 2.21. The number of nitrogens with zero attached hydrogens (tertiary/aromatic N) is 2. The lowest BCUT2D eigenvalue weighted by molar-refractivity contribution is -0.115. The van der Waals surface area contributed by atoms with Crippen LogP contribution in [0.4, 0.5) is 5.69 Å². The number of unbranched alkanes of at least 4 members (excludes halogenated alkanes) is 1. The summed E-state index contributed by atoms with van der Waals surface area (Å²) in [5.74, 6) is 0.452. The molecule has 2 aromatic rings. The minimum Gasteiger partial charge on any atom is -0.495 e. The minimum absolute atomic E-state index is 0.0969.